The maximum absolute atomic E-state index is 12.5. The molecule has 0 spiro atoms. The van der Waals surface area contributed by atoms with E-state index in [1.54, 1.807) is 4.90 Å². The summed E-state index contributed by atoms with van der Waals surface area (Å²) < 4.78 is 0. The molecule has 1 saturated heterocycles. The Kier molecular flexibility index (Phi) is 10.00. The fourth-order valence-corrected chi connectivity index (χ4v) is 4.06. The third kappa shape index (κ3) is 7.62. The number of hydrogen-bond donors (Lipinski definition) is 2. The van der Waals surface area contributed by atoms with Gasteiger partial charge in [-0.15, -0.1) is 0 Å². The van der Waals surface area contributed by atoms with Crippen LogP contribution in [0.3, 0.4) is 0 Å². The lowest BCUT2D eigenvalue weighted by atomic mass is 9.98. The minimum absolute atomic E-state index is 0.157. The van der Waals surface area contributed by atoms with Crippen molar-refractivity contribution in [1.29, 1.82) is 0 Å². The molecule has 2 aliphatic rings. The van der Waals surface area contributed by atoms with Crippen LogP contribution in [-0.2, 0) is 9.59 Å². The zero-order valence-electron chi connectivity index (χ0n) is 16.4. The fraction of sp³-hybridized carbons (Fsp3) is 0.900. The van der Waals surface area contributed by atoms with Crippen LogP contribution in [0.2, 0.25) is 0 Å². The van der Waals surface area contributed by atoms with Crippen LogP contribution in [0.1, 0.15) is 70.6 Å². The third-order valence-electron chi connectivity index (χ3n) is 5.74. The molecule has 0 aromatic carbocycles. The number of rotatable bonds is 3. The van der Waals surface area contributed by atoms with Gasteiger partial charge in [0.1, 0.15) is 0 Å². The second kappa shape index (κ2) is 12.3. The van der Waals surface area contributed by atoms with E-state index in [1.165, 1.54) is 44.9 Å². The Morgan fingerprint density at radius 1 is 0.808 bits per heavy atom. The maximum Gasteiger partial charge on any atom is 0.311 e. The standard InChI is InChI=1S/C20H38N4O2/c21-12-13-23-14-16-24(17-15-23)20(26)19(25)22-18-10-8-6-4-2-1-3-5-7-9-11-18/h18H,1-17,21H2,(H,22,25). The van der Waals surface area contributed by atoms with Crippen LogP contribution < -0.4 is 11.1 Å². The third-order valence-corrected chi connectivity index (χ3v) is 5.74. The van der Waals surface area contributed by atoms with Gasteiger partial charge < -0.3 is 16.0 Å². The molecule has 0 unspecified atom stereocenters. The summed E-state index contributed by atoms with van der Waals surface area (Å²) in [6.45, 7) is 4.35. The summed E-state index contributed by atoms with van der Waals surface area (Å²) in [5.41, 5.74) is 5.58. The van der Waals surface area contributed by atoms with E-state index in [0.717, 1.165) is 45.3 Å². The molecular weight excluding hydrogens is 328 g/mol. The Bertz CT molecular complexity index is 410. The number of piperazine rings is 1. The first-order valence-electron chi connectivity index (χ1n) is 10.7. The molecule has 1 aliphatic heterocycles. The minimum atomic E-state index is -0.408. The second-order valence-corrected chi connectivity index (χ2v) is 7.85. The molecule has 6 heteroatoms. The zero-order chi connectivity index (χ0) is 18.6. The Morgan fingerprint density at radius 2 is 1.31 bits per heavy atom. The van der Waals surface area contributed by atoms with Crippen LogP contribution >= 0.6 is 0 Å². The van der Waals surface area contributed by atoms with Gasteiger partial charge >= 0.3 is 11.8 Å². The van der Waals surface area contributed by atoms with Crippen molar-refractivity contribution in [3.05, 3.63) is 0 Å². The smallest absolute Gasteiger partial charge is 0.311 e. The molecule has 0 aromatic heterocycles. The average molecular weight is 367 g/mol. The van der Waals surface area contributed by atoms with Crippen LogP contribution in [0.4, 0.5) is 0 Å². The molecule has 1 heterocycles. The van der Waals surface area contributed by atoms with Gasteiger partial charge in [-0.25, -0.2) is 0 Å². The molecule has 2 amide bonds. The van der Waals surface area contributed by atoms with E-state index in [1.807, 2.05) is 0 Å². The monoisotopic (exact) mass is 366 g/mol. The minimum Gasteiger partial charge on any atom is -0.345 e. The predicted octanol–water partition coefficient (Wildman–Crippen LogP) is 1.88. The molecule has 150 valence electrons. The largest absolute Gasteiger partial charge is 0.345 e. The Labute approximate surface area is 158 Å². The lowest BCUT2D eigenvalue weighted by Gasteiger charge is -2.34. The summed E-state index contributed by atoms with van der Waals surface area (Å²) in [7, 11) is 0. The van der Waals surface area contributed by atoms with Crippen molar-refractivity contribution in [3.63, 3.8) is 0 Å². The van der Waals surface area contributed by atoms with E-state index in [9.17, 15) is 9.59 Å². The number of hydrogen-bond acceptors (Lipinski definition) is 4. The SMILES string of the molecule is NCCN1CCN(C(=O)C(=O)NC2CCCCCCCCCCC2)CC1. The van der Waals surface area contributed by atoms with Gasteiger partial charge in [-0.2, -0.15) is 0 Å². The molecule has 2 fully saturated rings. The quantitative estimate of drug-likeness (QED) is 0.748. The Hall–Kier alpha value is -1.14. The Morgan fingerprint density at radius 3 is 1.81 bits per heavy atom. The van der Waals surface area contributed by atoms with Crippen LogP contribution in [0.5, 0.6) is 0 Å². The normalized spacial score (nSPS) is 22.3. The van der Waals surface area contributed by atoms with Crippen LogP contribution in [0, 0.1) is 0 Å². The van der Waals surface area contributed by atoms with Crippen molar-refractivity contribution in [3.8, 4) is 0 Å². The number of nitrogens with two attached hydrogens (primary N) is 1. The highest BCUT2D eigenvalue weighted by atomic mass is 16.2. The van der Waals surface area contributed by atoms with Gasteiger partial charge in [0.25, 0.3) is 0 Å². The van der Waals surface area contributed by atoms with Crippen molar-refractivity contribution in [1.82, 2.24) is 15.1 Å². The lowest BCUT2D eigenvalue weighted by molar-refractivity contribution is -0.147. The van der Waals surface area contributed by atoms with Crippen molar-refractivity contribution < 1.29 is 9.59 Å². The lowest BCUT2D eigenvalue weighted by Crippen LogP contribution is -2.54. The first kappa shape index (κ1) is 21.2. The van der Waals surface area contributed by atoms with Gasteiger partial charge in [0, 0.05) is 45.3 Å². The summed E-state index contributed by atoms with van der Waals surface area (Å²) in [4.78, 5) is 28.9. The summed E-state index contributed by atoms with van der Waals surface area (Å²) >= 11 is 0. The highest BCUT2D eigenvalue weighted by Gasteiger charge is 2.27. The van der Waals surface area contributed by atoms with E-state index in [-0.39, 0.29) is 11.9 Å². The number of carbonyl (C=O) groups is 2. The number of amides is 2. The first-order chi connectivity index (χ1) is 12.7. The summed E-state index contributed by atoms with van der Waals surface area (Å²) in [5, 5.41) is 3.04. The van der Waals surface area contributed by atoms with Crippen molar-refractivity contribution in [2.45, 2.75) is 76.7 Å². The molecular formula is C20H38N4O2. The van der Waals surface area contributed by atoms with Crippen LogP contribution in [0.25, 0.3) is 0 Å². The predicted molar refractivity (Wildman–Crippen MR) is 105 cm³/mol. The summed E-state index contributed by atoms with van der Waals surface area (Å²) in [5.74, 6) is -0.766. The van der Waals surface area contributed by atoms with Gasteiger partial charge in [-0.1, -0.05) is 57.8 Å². The van der Waals surface area contributed by atoms with Crippen LogP contribution in [-0.4, -0.2) is 66.9 Å². The van der Waals surface area contributed by atoms with E-state index < -0.39 is 5.91 Å². The molecule has 6 nitrogen and oxygen atoms in total. The Balaban J connectivity index is 1.76. The van der Waals surface area contributed by atoms with Crippen molar-refractivity contribution in [2.24, 2.45) is 5.73 Å². The van der Waals surface area contributed by atoms with E-state index >= 15 is 0 Å². The van der Waals surface area contributed by atoms with Crippen molar-refractivity contribution in [2.75, 3.05) is 39.3 Å². The highest BCUT2D eigenvalue weighted by molar-refractivity contribution is 6.35. The topological polar surface area (TPSA) is 78.7 Å². The van der Waals surface area contributed by atoms with Gasteiger partial charge in [-0.05, 0) is 12.8 Å². The first-order valence-corrected chi connectivity index (χ1v) is 10.7. The van der Waals surface area contributed by atoms with Crippen LogP contribution in [0.15, 0.2) is 0 Å². The average Bonchev–Trinajstić information content (AvgIpc) is 2.64. The molecule has 26 heavy (non-hydrogen) atoms. The van der Waals surface area contributed by atoms with E-state index in [4.69, 9.17) is 5.73 Å². The fourth-order valence-electron chi connectivity index (χ4n) is 4.06. The summed E-state index contributed by atoms with van der Waals surface area (Å²) in [6.07, 6.45) is 13.4. The molecule has 3 N–H and O–H groups in total. The summed E-state index contributed by atoms with van der Waals surface area (Å²) in [6, 6.07) is 0.157. The number of nitrogens with one attached hydrogen (secondary N) is 1. The molecule has 1 aliphatic carbocycles. The van der Waals surface area contributed by atoms with Gasteiger partial charge in [0.05, 0.1) is 0 Å². The van der Waals surface area contributed by atoms with Gasteiger partial charge in [0.2, 0.25) is 0 Å². The molecule has 1 saturated carbocycles. The molecule has 0 aromatic rings. The van der Waals surface area contributed by atoms with Crippen molar-refractivity contribution >= 4 is 11.8 Å². The zero-order valence-corrected chi connectivity index (χ0v) is 16.4. The maximum atomic E-state index is 12.5. The van der Waals surface area contributed by atoms with E-state index in [2.05, 4.69) is 10.2 Å². The molecule has 0 bridgehead atoms. The van der Waals surface area contributed by atoms with Gasteiger partial charge in [-0.3, -0.25) is 14.5 Å². The second-order valence-electron chi connectivity index (χ2n) is 7.85. The van der Waals surface area contributed by atoms with Gasteiger partial charge in [0.15, 0.2) is 0 Å². The molecule has 0 radical (unpaired) electrons. The molecule has 0 atom stereocenters. The van der Waals surface area contributed by atoms with E-state index in [0.29, 0.717) is 19.6 Å². The number of nitrogens with zero attached hydrogens (tertiary/aromatic N) is 2. The highest BCUT2D eigenvalue weighted by Crippen LogP contribution is 2.17. The molecule has 2 rings (SSSR count). The number of carbonyl (C=O) groups excluding carboxylic acids is 2.